The molecule has 0 unspecified atom stereocenters. The van der Waals surface area contributed by atoms with Crippen LogP contribution in [0.15, 0.2) is 41.2 Å². The van der Waals surface area contributed by atoms with Crippen LogP contribution in [0.5, 0.6) is 0 Å². The van der Waals surface area contributed by atoms with Gasteiger partial charge in [0, 0.05) is 25.7 Å². The molecule has 4 aromatic rings. The molecule has 1 aliphatic rings. The minimum Gasteiger partial charge on any atom is -0.384 e. The lowest BCUT2D eigenvalue weighted by molar-refractivity contribution is 0.497. The number of nitrogens with zero attached hydrogens (tertiary/aromatic N) is 5. The average Bonchev–Trinajstić information content (AvgIpc) is 2.86. The number of nitrogens with two attached hydrogens (primary N) is 1. The molecular weight excluding hydrogens is 493 g/mol. The fourth-order valence-corrected chi connectivity index (χ4v) is 5.12. The molecule has 0 aliphatic carbocycles. The second kappa shape index (κ2) is 9.72. The number of hydrogen-bond donors (Lipinski definition) is 2. The maximum Gasteiger partial charge on any atom is 0.355 e. The zero-order valence-electron chi connectivity index (χ0n) is 21.2. The van der Waals surface area contributed by atoms with Gasteiger partial charge < -0.3 is 16.0 Å². The van der Waals surface area contributed by atoms with Crippen molar-refractivity contribution in [2.75, 3.05) is 30.3 Å². The van der Waals surface area contributed by atoms with Gasteiger partial charge in [0.2, 0.25) is 0 Å². The van der Waals surface area contributed by atoms with Crippen molar-refractivity contribution in [1.29, 1.82) is 0 Å². The Morgan fingerprint density at radius 1 is 1.16 bits per heavy atom. The molecule has 1 aliphatic heterocycles. The van der Waals surface area contributed by atoms with Crippen LogP contribution in [-0.4, -0.2) is 45.2 Å². The highest BCUT2D eigenvalue weighted by Crippen LogP contribution is 2.34. The molecule has 0 radical (unpaired) electrons. The normalized spacial score (nSPS) is 16.1. The highest BCUT2D eigenvalue weighted by Gasteiger charge is 2.27. The number of fused-ring (bicyclic) bond motifs is 1. The third kappa shape index (κ3) is 4.42. The number of para-hydroxylation sites is 1. The molecule has 5 rings (SSSR count). The molecule has 1 atom stereocenters. The molecule has 1 fully saturated rings. The summed E-state index contributed by atoms with van der Waals surface area (Å²) in [6, 6.07) is 10.4. The first kappa shape index (κ1) is 25.1. The number of nitrogens with one attached hydrogen (secondary N) is 1. The van der Waals surface area contributed by atoms with Crippen molar-refractivity contribution in [3.63, 3.8) is 0 Å². The van der Waals surface area contributed by atoms with E-state index >= 15 is 4.39 Å². The zero-order valence-corrected chi connectivity index (χ0v) is 22.0. The molecule has 0 bridgehead atoms. The molecule has 0 amide bonds. The first-order valence-electron chi connectivity index (χ1n) is 12.3. The van der Waals surface area contributed by atoms with Crippen molar-refractivity contribution in [2.45, 2.75) is 39.7 Å². The fourth-order valence-electron chi connectivity index (χ4n) is 4.92. The summed E-state index contributed by atoms with van der Waals surface area (Å²) in [6.07, 6.45) is 0. The van der Waals surface area contributed by atoms with Gasteiger partial charge in [-0.25, -0.2) is 23.7 Å². The van der Waals surface area contributed by atoms with E-state index < -0.39 is 11.5 Å². The smallest absolute Gasteiger partial charge is 0.355 e. The van der Waals surface area contributed by atoms with Gasteiger partial charge in [-0.1, -0.05) is 43.6 Å². The molecular formula is C27H29ClFN7O. The second-order valence-corrected chi connectivity index (χ2v) is 10.1. The Balaban J connectivity index is 1.91. The summed E-state index contributed by atoms with van der Waals surface area (Å²) < 4.78 is 17.2. The van der Waals surface area contributed by atoms with Crippen molar-refractivity contribution in [3.8, 4) is 17.1 Å². The number of piperazine rings is 1. The average molecular weight is 522 g/mol. The number of nitrogen functional groups attached to an aromatic ring is 1. The van der Waals surface area contributed by atoms with Gasteiger partial charge in [-0.05, 0) is 49.1 Å². The quantitative estimate of drug-likeness (QED) is 0.409. The van der Waals surface area contributed by atoms with E-state index in [9.17, 15) is 4.79 Å². The molecule has 37 heavy (non-hydrogen) atoms. The summed E-state index contributed by atoms with van der Waals surface area (Å²) in [4.78, 5) is 29.3. The number of pyridine rings is 2. The molecule has 8 nitrogen and oxygen atoms in total. The Hall–Kier alpha value is -3.56. The lowest BCUT2D eigenvalue weighted by Gasteiger charge is -2.35. The molecule has 1 aromatic carbocycles. The summed E-state index contributed by atoms with van der Waals surface area (Å²) in [6.45, 7) is 10.2. The summed E-state index contributed by atoms with van der Waals surface area (Å²) in [5.74, 6) is 0.0886. The van der Waals surface area contributed by atoms with E-state index in [1.807, 2.05) is 36.9 Å². The summed E-state index contributed by atoms with van der Waals surface area (Å²) in [5.41, 5.74) is 8.25. The predicted molar refractivity (Wildman–Crippen MR) is 146 cm³/mol. The van der Waals surface area contributed by atoms with Crippen LogP contribution in [0.1, 0.15) is 37.8 Å². The Bertz CT molecular complexity index is 1570. The van der Waals surface area contributed by atoms with Crippen LogP contribution in [0.2, 0.25) is 5.02 Å². The molecule has 1 saturated heterocycles. The SMILES string of the molecule is Cc1cccc(C(C)C)c1-n1c(=O)nc(N2CCNC[C@@H]2C)c2cc(F)c(-c3nc(N)ccc3Cl)nc21. The lowest BCUT2D eigenvalue weighted by Crippen LogP contribution is -2.50. The van der Waals surface area contributed by atoms with Crippen LogP contribution >= 0.6 is 11.6 Å². The topological polar surface area (TPSA) is 102 Å². The second-order valence-electron chi connectivity index (χ2n) is 9.72. The van der Waals surface area contributed by atoms with Crippen molar-refractivity contribution in [1.82, 2.24) is 24.8 Å². The summed E-state index contributed by atoms with van der Waals surface area (Å²) >= 11 is 6.39. The van der Waals surface area contributed by atoms with Gasteiger partial charge in [-0.15, -0.1) is 0 Å². The van der Waals surface area contributed by atoms with E-state index in [1.54, 1.807) is 6.07 Å². The molecule has 4 heterocycles. The van der Waals surface area contributed by atoms with Crippen LogP contribution in [0.4, 0.5) is 16.0 Å². The fraction of sp³-hybridized carbons (Fsp3) is 0.333. The van der Waals surface area contributed by atoms with Crippen LogP contribution in [-0.2, 0) is 0 Å². The van der Waals surface area contributed by atoms with Crippen molar-refractivity contribution in [2.24, 2.45) is 0 Å². The number of aromatic nitrogens is 4. The summed E-state index contributed by atoms with van der Waals surface area (Å²) in [7, 11) is 0. The van der Waals surface area contributed by atoms with Gasteiger partial charge in [-0.2, -0.15) is 4.98 Å². The van der Waals surface area contributed by atoms with Gasteiger partial charge in [0.1, 0.15) is 23.0 Å². The predicted octanol–water partition coefficient (Wildman–Crippen LogP) is 4.45. The van der Waals surface area contributed by atoms with Gasteiger partial charge in [0.25, 0.3) is 0 Å². The van der Waals surface area contributed by atoms with Crippen LogP contribution in [0.25, 0.3) is 28.1 Å². The third-order valence-electron chi connectivity index (χ3n) is 6.78. The first-order chi connectivity index (χ1) is 17.7. The molecule has 3 N–H and O–H groups in total. The standard InChI is InChI=1S/C27H29ClFN7O/c1-14(2)17-7-5-6-15(3)24(17)36-26-18(25(34-27(36)37)35-11-10-31-13-16(35)4)12-20(29)23(33-26)22-19(28)8-9-21(30)32-22/h5-9,12,14,16,31H,10-11,13H2,1-4H3,(H2,30,32)/t16-/m0/s1. The van der Waals surface area contributed by atoms with Crippen LogP contribution in [0.3, 0.4) is 0 Å². The molecule has 0 spiro atoms. The van der Waals surface area contributed by atoms with E-state index in [1.165, 1.54) is 16.7 Å². The van der Waals surface area contributed by atoms with E-state index in [4.69, 9.17) is 22.3 Å². The molecule has 10 heteroatoms. The molecule has 0 saturated carbocycles. The Morgan fingerprint density at radius 2 is 1.95 bits per heavy atom. The van der Waals surface area contributed by atoms with Crippen LogP contribution in [0, 0.1) is 12.7 Å². The van der Waals surface area contributed by atoms with Gasteiger partial charge in [0.15, 0.2) is 11.5 Å². The Morgan fingerprint density at radius 3 is 2.68 bits per heavy atom. The van der Waals surface area contributed by atoms with E-state index in [-0.39, 0.29) is 39.8 Å². The Kier molecular flexibility index (Phi) is 6.59. The molecule has 192 valence electrons. The minimum absolute atomic E-state index is 0.0529. The van der Waals surface area contributed by atoms with Gasteiger partial charge in [-0.3, -0.25) is 0 Å². The summed E-state index contributed by atoms with van der Waals surface area (Å²) in [5, 5.41) is 3.98. The number of hydrogen-bond acceptors (Lipinski definition) is 7. The molecule has 3 aromatic heterocycles. The van der Waals surface area contributed by atoms with Crippen LogP contribution < -0.4 is 21.6 Å². The number of aryl methyl sites for hydroxylation is 1. The number of halogens is 2. The highest BCUT2D eigenvalue weighted by atomic mass is 35.5. The number of benzene rings is 1. The highest BCUT2D eigenvalue weighted by molar-refractivity contribution is 6.33. The maximum atomic E-state index is 15.7. The first-order valence-corrected chi connectivity index (χ1v) is 12.7. The monoisotopic (exact) mass is 521 g/mol. The number of anilines is 2. The zero-order chi connectivity index (χ0) is 26.4. The van der Waals surface area contributed by atoms with E-state index in [0.29, 0.717) is 23.4 Å². The van der Waals surface area contributed by atoms with Crippen molar-refractivity contribution >= 4 is 34.3 Å². The van der Waals surface area contributed by atoms with E-state index in [2.05, 4.69) is 29.1 Å². The third-order valence-corrected chi connectivity index (χ3v) is 7.09. The number of rotatable bonds is 4. The van der Waals surface area contributed by atoms with Crippen molar-refractivity contribution in [3.05, 3.63) is 68.8 Å². The Labute approximate surface area is 219 Å². The van der Waals surface area contributed by atoms with Crippen molar-refractivity contribution < 1.29 is 4.39 Å². The lowest BCUT2D eigenvalue weighted by atomic mass is 9.98. The largest absolute Gasteiger partial charge is 0.384 e. The van der Waals surface area contributed by atoms with Gasteiger partial charge in [0.05, 0.1) is 16.1 Å². The van der Waals surface area contributed by atoms with E-state index in [0.717, 1.165) is 24.2 Å². The van der Waals surface area contributed by atoms with Gasteiger partial charge >= 0.3 is 5.69 Å². The minimum atomic E-state index is -0.627. The maximum absolute atomic E-state index is 15.7.